The van der Waals surface area contributed by atoms with E-state index in [-0.39, 0.29) is 11.3 Å². The first-order chi connectivity index (χ1) is 8.04. The molecule has 90 valence electrons. The molecule has 3 aliphatic carbocycles. The van der Waals surface area contributed by atoms with Crippen LogP contribution in [0, 0.1) is 30.1 Å². The quantitative estimate of drug-likeness (QED) is 0.695. The van der Waals surface area contributed by atoms with E-state index in [0.29, 0.717) is 5.92 Å². The Morgan fingerprint density at radius 2 is 2.29 bits per heavy atom. The van der Waals surface area contributed by atoms with Gasteiger partial charge in [-0.25, -0.2) is 0 Å². The molecule has 2 saturated carbocycles. The van der Waals surface area contributed by atoms with Crippen LogP contribution in [0.1, 0.15) is 36.3 Å². The molecule has 0 bridgehead atoms. The van der Waals surface area contributed by atoms with Gasteiger partial charge in [-0.1, -0.05) is 19.1 Å². The van der Waals surface area contributed by atoms with Gasteiger partial charge in [0.05, 0.1) is 12.4 Å². The summed E-state index contributed by atoms with van der Waals surface area (Å²) in [7, 11) is 0. The standard InChI is InChI=1S/C15H18O2/c1-7-6-17-11-5-15(3)10-4-9(10)8(2)13(15)14(16)12(7)11/h6,9-10,13-14,16H,2,4-5H2,1,3H3/t9-,10-,13-,14-,15+/m1/s1. The monoisotopic (exact) mass is 230 g/mol. The van der Waals surface area contributed by atoms with E-state index in [1.165, 1.54) is 12.0 Å². The van der Waals surface area contributed by atoms with Crippen molar-refractivity contribution < 1.29 is 9.52 Å². The van der Waals surface area contributed by atoms with Crippen LogP contribution in [0.4, 0.5) is 0 Å². The summed E-state index contributed by atoms with van der Waals surface area (Å²) in [6, 6.07) is 0. The van der Waals surface area contributed by atoms with Gasteiger partial charge in [0.1, 0.15) is 5.76 Å². The first-order valence-electron chi connectivity index (χ1n) is 6.47. The van der Waals surface area contributed by atoms with Gasteiger partial charge in [0, 0.05) is 17.9 Å². The van der Waals surface area contributed by atoms with Crippen molar-refractivity contribution in [1.82, 2.24) is 0 Å². The van der Waals surface area contributed by atoms with E-state index in [0.717, 1.165) is 29.2 Å². The van der Waals surface area contributed by atoms with E-state index >= 15 is 0 Å². The molecular formula is C15H18O2. The number of aliphatic hydroxyl groups is 1. The molecule has 1 heterocycles. The molecule has 0 amide bonds. The van der Waals surface area contributed by atoms with Crippen LogP contribution >= 0.6 is 0 Å². The van der Waals surface area contributed by atoms with Gasteiger partial charge in [0.2, 0.25) is 0 Å². The highest BCUT2D eigenvalue weighted by atomic mass is 16.3. The molecule has 0 spiro atoms. The van der Waals surface area contributed by atoms with Gasteiger partial charge in [-0.15, -0.1) is 0 Å². The second-order valence-electron chi connectivity index (χ2n) is 6.38. The molecule has 0 unspecified atom stereocenters. The molecule has 4 rings (SSSR count). The number of fused-ring (bicyclic) bond motifs is 4. The second kappa shape index (κ2) is 2.69. The van der Waals surface area contributed by atoms with Crippen LogP contribution in [0.25, 0.3) is 0 Å². The number of aliphatic hydroxyl groups excluding tert-OH is 1. The number of hydrogen-bond donors (Lipinski definition) is 1. The third kappa shape index (κ3) is 0.971. The van der Waals surface area contributed by atoms with Crippen molar-refractivity contribution in [2.45, 2.75) is 32.8 Å². The number of hydrogen-bond acceptors (Lipinski definition) is 2. The number of aryl methyl sites for hydroxylation is 1. The van der Waals surface area contributed by atoms with Crippen molar-refractivity contribution in [2.75, 3.05) is 0 Å². The number of furan rings is 1. The van der Waals surface area contributed by atoms with E-state index in [1.807, 2.05) is 6.92 Å². The molecule has 2 heteroatoms. The fourth-order valence-electron chi connectivity index (χ4n) is 4.58. The minimum Gasteiger partial charge on any atom is -0.469 e. The first-order valence-corrected chi connectivity index (χ1v) is 6.47. The maximum atomic E-state index is 10.7. The highest BCUT2D eigenvalue weighted by molar-refractivity contribution is 5.42. The van der Waals surface area contributed by atoms with Gasteiger partial charge < -0.3 is 9.52 Å². The molecule has 17 heavy (non-hydrogen) atoms. The predicted molar refractivity (Wildman–Crippen MR) is 64.4 cm³/mol. The fraction of sp³-hybridized carbons (Fsp3) is 0.600. The summed E-state index contributed by atoms with van der Waals surface area (Å²) in [6.07, 6.45) is 3.62. The van der Waals surface area contributed by atoms with Crippen LogP contribution in [-0.2, 0) is 6.42 Å². The van der Waals surface area contributed by atoms with Crippen LogP contribution < -0.4 is 0 Å². The van der Waals surface area contributed by atoms with Gasteiger partial charge in [-0.3, -0.25) is 0 Å². The zero-order chi connectivity index (χ0) is 11.9. The van der Waals surface area contributed by atoms with Crippen molar-refractivity contribution in [3.63, 3.8) is 0 Å². The van der Waals surface area contributed by atoms with Gasteiger partial charge in [0.15, 0.2) is 0 Å². The Hall–Kier alpha value is -1.02. The van der Waals surface area contributed by atoms with Crippen LogP contribution in [0.5, 0.6) is 0 Å². The largest absolute Gasteiger partial charge is 0.469 e. The molecule has 5 atom stereocenters. The maximum Gasteiger partial charge on any atom is 0.110 e. The summed E-state index contributed by atoms with van der Waals surface area (Å²) in [4.78, 5) is 0. The van der Waals surface area contributed by atoms with E-state index < -0.39 is 6.10 Å². The van der Waals surface area contributed by atoms with E-state index in [1.54, 1.807) is 6.26 Å². The van der Waals surface area contributed by atoms with Crippen molar-refractivity contribution in [2.24, 2.45) is 23.2 Å². The Morgan fingerprint density at radius 3 is 3.06 bits per heavy atom. The summed E-state index contributed by atoms with van der Waals surface area (Å²) >= 11 is 0. The van der Waals surface area contributed by atoms with Gasteiger partial charge in [-0.05, 0) is 36.2 Å². The molecule has 1 N–H and O–H groups in total. The van der Waals surface area contributed by atoms with Gasteiger partial charge in [0.25, 0.3) is 0 Å². The third-order valence-electron chi connectivity index (χ3n) is 5.48. The molecule has 3 aliphatic rings. The van der Waals surface area contributed by atoms with Crippen LogP contribution in [0.2, 0.25) is 0 Å². The van der Waals surface area contributed by atoms with Crippen molar-refractivity contribution in [1.29, 1.82) is 0 Å². The van der Waals surface area contributed by atoms with Crippen LogP contribution in [-0.4, -0.2) is 5.11 Å². The van der Waals surface area contributed by atoms with E-state index in [4.69, 9.17) is 4.42 Å². The minimum absolute atomic E-state index is 0.179. The highest BCUT2D eigenvalue weighted by Crippen LogP contribution is 2.72. The minimum atomic E-state index is -0.400. The Morgan fingerprint density at radius 1 is 1.53 bits per heavy atom. The molecular weight excluding hydrogens is 212 g/mol. The Bertz CT molecular complexity index is 527. The van der Waals surface area contributed by atoms with Crippen molar-refractivity contribution in [3.8, 4) is 0 Å². The molecule has 2 fully saturated rings. The van der Waals surface area contributed by atoms with Gasteiger partial charge in [-0.2, -0.15) is 0 Å². The van der Waals surface area contributed by atoms with Gasteiger partial charge >= 0.3 is 0 Å². The summed E-state index contributed by atoms with van der Waals surface area (Å²) in [5.41, 5.74) is 3.59. The topological polar surface area (TPSA) is 33.4 Å². The lowest BCUT2D eigenvalue weighted by atomic mass is 9.64. The second-order valence-corrected chi connectivity index (χ2v) is 6.38. The Balaban J connectivity index is 1.90. The molecule has 0 radical (unpaired) electrons. The summed E-state index contributed by atoms with van der Waals surface area (Å²) < 4.78 is 5.64. The summed E-state index contributed by atoms with van der Waals surface area (Å²) in [5, 5.41) is 10.7. The maximum absolute atomic E-state index is 10.7. The van der Waals surface area contributed by atoms with E-state index in [9.17, 15) is 5.11 Å². The average molecular weight is 230 g/mol. The fourth-order valence-corrected chi connectivity index (χ4v) is 4.58. The van der Waals surface area contributed by atoms with Crippen LogP contribution in [0.3, 0.4) is 0 Å². The molecule has 1 aromatic heterocycles. The molecule has 1 aromatic rings. The van der Waals surface area contributed by atoms with Crippen LogP contribution in [0.15, 0.2) is 22.8 Å². The molecule has 2 nitrogen and oxygen atoms in total. The molecule has 0 aromatic carbocycles. The van der Waals surface area contributed by atoms with E-state index in [2.05, 4.69) is 13.5 Å². The number of rotatable bonds is 0. The lowest BCUT2D eigenvalue weighted by Gasteiger charge is -2.41. The summed E-state index contributed by atoms with van der Waals surface area (Å²) in [5.74, 6) is 2.65. The lowest BCUT2D eigenvalue weighted by molar-refractivity contribution is 0.0272. The van der Waals surface area contributed by atoms with Crippen molar-refractivity contribution in [3.05, 3.63) is 35.3 Å². The SMILES string of the molecule is C=C1[C@H]2C[C@H]2[C@]2(C)Cc3occ(C)c3[C@@H](O)[C@@H]12. The highest BCUT2D eigenvalue weighted by Gasteiger charge is 2.66. The molecule has 0 saturated heterocycles. The summed E-state index contributed by atoms with van der Waals surface area (Å²) in [6.45, 7) is 8.58. The molecule has 0 aliphatic heterocycles. The third-order valence-corrected chi connectivity index (χ3v) is 5.48. The Kier molecular flexibility index (Phi) is 1.58. The lowest BCUT2D eigenvalue weighted by Crippen LogP contribution is -2.37. The zero-order valence-corrected chi connectivity index (χ0v) is 10.4. The van der Waals surface area contributed by atoms with Crippen molar-refractivity contribution >= 4 is 0 Å². The first kappa shape index (κ1) is 9.95. The smallest absolute Gasteiger partial charge is 0.110 e. The zero-order valence-electron chi connectivity index (χ0n) is 10.4. The predicted octanol–water partition coefficient (Wildman–Crippen LogP) is 3.01. The Labute approximate surface area is 101 Å². The normalized spacial score (nSPS) is 46.4. The average Bonchev–Trinajstić information content (AvgIpc) is 2.94.